The lowest BCUT2D eigenvalue weighted by atomic mass is 9.98. The van der Waals surface area contributed by atoms with Crippen molar-refractivity contribution < 1.29 is 0 Å². The van der Waals surface area contributed by atoms with Crippen molar-refractivity contribution in [2.45, 2.75) is 6.54 Å². The minimum Gasteiger partial charge on any atom is -0.305 e. The second kappa shape index (κ2) is 7.64. The summed E-state index contributed by atoms with van der Waals surface area (Å²) in [4.78, 5) is 2.17. The summed E-state index contributed by atoms with van der Waals surface area (Å²) in [5.74, 6) is 6.57. The Kier molecular flexibility index (Phi) is 5.11. The van der Waals surface area contributed by atoms with Gasteiger partial charge < -0.3 is 4.90 Å². The van der Waals surface area contributed by atoms with Crippen LogP contribution >= 0.6 is 0 Å². The molecule has 0 fully saturated rings. The largest absolute Gasteiger partial charge is 0.305 e. The quantitative estimate of drug-likeness (QED) is 0.627. The molecule has 0 radical (unpaired) electrons. The molecule has 0 atom stereocenters. The maximum absolute atomic E-state index is 3.32. The van der Waals surface area contributed by atoms with E-state index in [0.29, 0.717) is 0 Å². The van der Waals surface area contributed by atoms with Gasteiger partial charge in [0.15, 0.2) is 0 Å². The molecule has 24 heavy (non-hydrogen) atoms. The van der Waals surface area contributed by atoms with Crippen LogP contribution in [0.3, 0.4) is 0 Å². The van der Waals surface area contributed by atoms with Gasteiger partial charge in [-0.1, -0.05) is 72.5 Å². The van der Waals surface area contributed by atoms with E-state index >= 15 is 0 Å². The average molecular weight is 311 g/mol. The highest BCUT2D eigenvalue weighted by Crippen LogP contribution is 2.23. The zero-order valence-corrected chi connectivity index (χ0v) is 14.2. The summed E-state index contributed by atoms with van der Waals surface area (Å²) in [6.45, 7) is 0.954. The molecular weight excluding hydrogens is 290 g/mol. The first kappa shape index (κ1) is 16.1. The van der Waals surface area contributed by atoms with Crippen LogP contribution in [-0.2, 0) is 6.54 Å². The monoisotopic (exact) mass is 311 g/mol. The van der Waals surface area contributed by atoms with Gasteiger partial charge in [0.1, 0.15) is 0 Å². The van der Waals surface area contributed by atoms with Gasteiger partial charge in [-0.05, 0) is 49.0 Å². The second-order valence-electron chi connectivity index (χ2n) is 6.10. The third-order valence-electron chi connectivity index (χ3n) is 3.81. The van der Waals surface area contributed by atoms with Crippen molar-refractivity contribution in [3.8, 4) is 23.0 Å². The molecule has 0 heterocycles. The molecule has 3 aromatic carbocycles. The van der Waals surface area contributed by atoms with E-state index in [-0.39, 0.29) is 0 Å². The highest BCUT2D eigenvalue weighted by Gasteiger charge is 2.03. The van der Waals surface area contributed by atoms with E-state index in [9.17, 15) is 0 Å². The first-order valence-corrected chi connectivity index (χ1v) is 8.12. The number of benzene rings is 3. The van der Waals surface area contributed by atoms with Gasteiger partial charge in [0.05, 0.1) is 0 Å². The molecule has 1 heteroatoms. The van der Waals surface area contributed by atoms with Crippen LogP contribution in [0.15, 0.2) is 78.9 Å². The topological polar surface area (TPSA) is 3.24 Å². The standard InChI is InChI=1S/C23H21N/c1-24(2)18-20-13-16-22(17-14-20)23-11-7-6-10-21(23)15-12-19-8-4-3-5-9-19/h3-11,13-14,16-17H,18H2,1-2H3. The molecule has 0 saturated heterocycles. The molecule has 0 spiro atoms. The summed E-state index contributed by atoms with van der Waals surface area (Å²) in [7, 11) is 4.17. The van der Waals surface area contributed by atoms with E-state index in [1.807, 2.05) is 36.4 Å². The molecule has 0 aliphatic rings. The van der Waals surface area contributed by atoms with Gasteiger partial charge >= 0.3 is 0 Å². The van der Waals surface area contributed by atoms with Crippen LogP contribution in [0.1, 0.15) is 16.7 Å². The molecule has 0 N–H and O–H groups in total. The van der Waals surface area contributed by atoms with Gasteiger partial charge in [0.25, 0.3) is 0 Å². The maximum Gasteiger partial charge on any atom is 0.0327 e. The van der Waals surface area contributed by atoms with Crippen LogP contribution in [0.4, 0.5) is 0 Å². The van der Waals surface area contributed by atoms with Gasteiger partial charge in [-0.2, -0.15) is 0 Å². The molecule has 0 unspecified atom stereocenters. The predicted molar refractivity (Wildman–Crippen MR) is 102 cm³/mol. The predicted octanol–water partition coefficient (Wildman–Crippen LogP) is 4.82. The van der Waals surface area contributed by atoms with E-state index in [2.05, 4.69) is 73.3 Å². The maximum atomic E-state index is 3.32. The van der Waals surface area contributed by atoms with Crippen LogP contribution in [0.25, 0.3) is 11.1 Å². The van der Waals surface area contributed by atoms with Crippen molar-refractivity contribution in [2.24, 2.45) is 0 Å². The summed E-state index contributed by atoms with van der Waals surface area (Å²) in [6, 6.07) is 27.2. The molecule has 3 aromatic rings. The lowest BCUT2D eigenvalue weighted by Gasteiger charge is -2.10. The minimum atomic E-state index is 0.954. The van der Waals surface area contributed by atoms with Crippen molar-refractivity contribution in [3.05, 3.63) is 95.6 Å². The Morgan fingerprint density at radius 2 is 1.38 bits per heavy atom. The van der Waals surface area contributed by atoms with E-state index < -0.39 is 0 Å². The van der Waals surface area contributed by atoms with Crippen LogP contribution in [0.2, 0.25) is 0 Å². The van der Waals surface area contributed by atoms with E-state index in [1.165, 1.54) is 16.7 Å². The summed E-state index contributed by atoms with van der Waals surface area (Å²) in [5.41, 5.74) is 5.79. The van der Waals surface area contributed by atoms with Crippen molar-refractivity contribution in [2.75, 3.05) is 14.1 Å². The number of hydrogen-bond acceptors (Lipinski definition) is 1. The highest BCUT2D eigenvalue weighted by atomic mass is 15.0. The molecule has 3 rings (SSSR count). The van der Waals surface area contributed by atoms with Gasteiger partial charge in [-0.25, -0.2) is 0 Å². The molecular formula is C23H21N. The SMILES string of the molecule is CN(C)Cc1ccc(-c2ccccc2C#Cc2ccccc2)cc1. The fourth-order valence-corrected chi connectivity index (χ4v) is 2.66. The van der Waals surface area contributed by atoms with Crippen molar-refractivity contribution >= 4 is 0 Å². The summed E-state index contributed by atoms with van der Waals surface area (Å²) in [6.07, 6.45) is 0. The highest BCUT2D eigenvalue weighted by molar-refractivity contribution is 5.71. The zero-order chi connectivity index (χ0) is 16.8. The van der Waals surface area contributed by atoms with Gasteiger partial charge in [0, 0.05) is 17.7 Å². The third-order valence-corrected chi connectivity index (χ3v) is 3.81. The molecule has 118 valence electrons. The average Bonchev–Trinajstić information content (AvgIpc) is 2.61. The number of nitrogens with zero attached hydrogens (tertiary/aromatic N) is 1. The molecule has 0 aliphatic carbocycles. The third kappa shape index (κ3) is 4.13. The number of rotatable bonds is 3. The summed E-state index contributed by atoms with van der Waals surface area (Å²) < 4.78 is 0. The Morgan fingerprint density at radius 3 is 2.08 bits per heavy atom. The first-order chi connectivity index (χ1) is 11.7. The van der Waals surface area contributed by atoms with Crippen LogP contribution < -0.4 is 0 Å². The van der Waals surface area contributed by atoms with E-state index in [0.717, 1.165) is 17.7 Å². The molecule has 0 amide bonds. The van der Waals surface area contributed by atoms with Gasteiger partial charge in [0.2, 0.25) is 0 Å². The Balaban J connectivity index is 1.91. The van der Waals surface area contributed by atoms with Crippen molar-refractivity contribution in [1.82, 2.24) is 4.90 Å². The molecule has 0 bridgehead atoms. The second-order valence-corrected chi connectivity index (χ2v) is 6.10. The smallest absolute Gasteiger partial charge is 0.0327 e. The minimum absolute atomic E-state index is 0.954. The molecule has 0 aromatic heterocycles. The Bertz CT molecular complexity index is 850. The van der Waals surface area contributed by atoms with Crippen molar-refractivity contribution in [3.63, 3.8) is 0 Å². The van der Waals surface area contributed by atoms with Gasteiger partial charge in [-0.3, -0.25) is 0 Å². The normalized spacial score (nSPS) is 10.3. The fraction of sp³-hybridized carbons (Fsp3) is 0.130. The molecule has 1 nitrogen and oxygen atoms in total. The summed E-state index contributed by atoms with van der Waals surface area (Å²) >= 11 is 0. The Hall–Kier alpha value is -2.82. The molecule has 0 aliphatic heterocycles. The number of hydrogen-bond donors (Lipinski definition) is 0. The van der Waals surface area contributed by atoms with Crippen LogP contribution in [0.5, 0.6) is 0 Å². The fourth-order valence-electron chi connectivity index (χ4n) is 2.66. The Labute approximate surface area is 144 Å². The molecule has 0 saturated carbocycles. The van der Waals surface area contributed by atoms with Gasteiger partial charge in [-0.15, -0.1) is 0 Å². The van der Waals surface area contributed by atoms with E-state index in [4.69, 9.17) is 0 Å². The van der Waals surface area contributed by atoms with Crippen molar-refractivity contribution in [1.29, 1.82) is 0 Å². The Morgan fingerprint density at radius 1 is 0.708 bits per heavy atom. The van der Waals surface area contributed by atoms with Crippen LogP contribution in [-0.4, -0.2) is 19.0 Å². The lowest BCUT2D eigenvalue weighted by Crippen LogP contribution is -2.10. The summed E-state index contributed by atoms with van der Waals surface area (Å²) in [5, 5.41) is 0. The first-order valence-electron chi connectivity index (χ1n) is 8.12. The zero-order valence-electron chi connectivity index (χ0n) is 14.2. The van der Waals surface area contributed by atoms with E-state index in [1.54, 1.807) is 0 Å². The van der Waals surface area contributed by atoms with Crippen LogP contribution in [0, 0.1) is 11.8 Å². The lowest BCUT2D eigenvalue weighted by molar-refractivity contribution is 0.402.